The topological polar surface area (TPSA) is 55.1 Å². The third-order valence-electron chi connectivity index (χ3n) is 2.53. The summed E-state index contributed by atoms with van der Waals surface area (Å²) in [6, 6.07) is 3.18. The molecule has 0 fully saturated rings. The second kappa shape index (κ2) is 6.30. The Labute approximate surface area is 99.0 Å². The second-order valence-corrected chi connectivity index (χ2v) is 3.75. The monoisotopic (exact) mass is 242 g/mol. The summed E-state index contributed by atoms with van der Waals surface area (Å²) in [4.78, 5) is 11.7. The Bertz CT molecular complexity index is 376. The van der Waals surface area contributed by atoms with Gasteiger partial charge in [-0.15, -0.1) is 0 Å². The van der Waals surface area contributed by atoms with Crippen molar-refractivity contribution in [3.8, 4) is 0 Å². The van der Waals surface area contributed by atoms with E-state index in [0.29, 0.717) is 19.4 Å². The molecule has 3 nitrogen and oxygen atoms in total. The van der Waals surface area contributed by atoms with E-state index in [2.05, 4.69) is 5.32 Å². The number of carbonyl (C=O) groups is 1. The third kappa shape index (κ3) is 3.49. The van der Waals surface area contributed by atoms with Crippen molar-refractivity contribution in [2.75, 3.05) is 6.54 Å². The Balaban J connectivity index is 2.82. The van der Waals surface area contributed by atoms with Gasteiger partial charge in [-0.3, -0.25) is 4.79 Å². The number of hydrogen-bond donors (Lipinski definition) is 2. The molecule has 0 aliphatic carbocycles. The van der Waals surface area contributed by atoms with Crippen LogP contribution in [0.1, 0.15) is 30.1 Å². The Morgan fingerprint density at radius 1 is 1.41 bits per heavy atom. The summed E-state index contributed by atoms with van der Waals surface area (Å²) in [6.45, 7) is 2.29. The van der Waals surface area contributed by atoms with E-state index in [-0.39, 0.29) is 6.04 Å². The number of carbonyl (C=O) groups excluding carboxylic acids is 1. The molecular weight excluding hydrogens is 226 g/mol. The lowest BCUT2D eigenvalue weighted by molar-refractivity contribution is 0.0926. The van der Waals surface area contributed by atoms with Crippen molar-refractivity contribution in [3.63, 3.8) is 0 Å². The first-order chi connectivity index (χ1) is 8.10. The van der Waals surface area contributed by atoms with Crippen LogP contribution in [0.4, 0.5) is 8.78 Å². The predicted molar refractivity (Wildman–Crippen MR) is 61.6 cm³/mol. The Morgan fingerprint density at radius 2 is 2.00 bits per heavy atom. The molecule has 0 aliphatic rings. The van der Waals surface area contributed by atoms with E-state index in [1.54, 1.807) is 0 Å². The fourth-order valence-electron chi connectivity index (χ4n) is 1.55. The van der Waals surface area contributed by atoms with Crippen molar-refractivity contribution in [1.82, 2.24) is 5.32 Å². The van der Waals surface area contributed by atoms with Crippen molar-refractivity contribution in [2.24, 2.45) is 5.73 Å². The molecule has 1 amide bonds. The van der Waals surface area contributed by atoms with Crippen LogP contribution in [0, 0.1) is 11.6 Å². The number of halogens is 2. The first-order valence-electron chi connectivity index (χ1n) is 5.55. The standard InChI is InChI=1S/C12H16F2N2O/c1-2-8(6-7-15)16-12(17)11-9(13)4-3-5-10(11)14/h3-5,8H,2,6-7,15H2,1H3,(H,16,17). The molecular formula is C12H16F2N2O. The first-order valence-corrected chi connectivity index (χ1v) is 5.55. The molecule has 0 saturated heterocycles. The smallest absolute Gasteiger partial charge is 0.257 e. The van der Waals surface area contributed by atoms with Crippen LogP contribution in [0.2, 0.25) is 0 Å². The number of amides is 1. The maximum absolute atomic E-state index is 13.3. The van der Waals surface area contributed by atoms with Crippen molar-refractivity contribution >= 4 is 5.91 Å². The average molecular weight is 242 g/mol. The highest BCUT2D eigenvalue weighted by molar-refractivity contribution is 5.94. The fourth-order valence-corrected chi connectivity index (χ4v) is 1.55. The molecule has 1 aromatic rings. The third-order valence-corrected chi connectivity index (χ3v) is 2.53. The molecule has 0 radical (unpaired) electrons. The lowest BCUT2D eigenvalue weighted by Gasteiger charge is -2.16. The number of nitrogens with one attached hydrogen (secondary N) is 1. The number of rotatable bonds is 5. The number of nitrogens with two attached hydrogens (primary N) is 1. The van der Waals surface area contributed by atoms with Gasteiger partial charge in [-0.1, -0.05) is 13.0 Å². The van der Waals surface area contributed by atoms with Crippen LogP contribution in [0.15, 0.2) is 18.2 Å². The summed E-state index contributed by atoms with van der Waals surface area (Å²) >= 11 is 0. The minimum atomic E-state index is -0.856. The zero-order chi connectivity index (χ0) is 12.8. The van der Waals surface area contributed by atoms with Gasteiger partial charge in [0.15, 0.2) is 0 Å². The van der Waals surface area contributed by atoms with Crippen molar-refractivity contribution in [2.45, 2.75) is 25.8 Å². The van der Waals surface area contributed by atoms with Gasteiger partial charge < -0.3 is 11.1 Å². The zero-order valence-corrected chi connectivity index (χ0v) is 9.67. The first kappa shape index (κ1) is 13.6. The lowest BCUT2D eigenvalue weighted by Crippen LogP contribution is -2.36. The van der Waals surface area contributed by atoms with E-state index in [1.807, 2.05) is 6.92 Å². The van der Waals surface area contributed by atoms with E-state index in [1.165, 1.54) is 6.07 Å². The summed E-state index contributed by atoms with van der Waals surface area (Å²) < 4.78 is 26.6. The maximum atomic E-state index is 13.3. The zero-order valence-electron chi connectivity index (χ0n) is 9.67. The Kier molecular flexibility index (Phi) is 5.03. The van der Waals surface area contributed by atoms with E-state index in [4.69, 9.17) is 5.73 Å². The van der Waals surface area contributed by atoms with Crippen molar-refractivity contribution in [1.29, 1.82) is 0 Å². The van der Waals surface area contributed by atoms with Gasteiger partial charge in [0.25, 0.3) is 5.91 Å². The number of hydrogen-bond acceptors (Lipinski definition) is 2. The van der Waals surface area contributed by atoms with E-state index in [9.17, 15) is 13.6 Å². The molecule has 0 aromatic heterocycles. The fraction of sp³-hybridized carbons (Fsp3) is 0.417. The molecule has 17 heavy (non-hydrogen) atoms. The van der Waals surface area contributed by atoms with Crippen LogP contribution in [0.25, 0.3) is 0 Å². The van der Waals surface area contributed by atoms with Gasteiger partial charge >= 0.3 is 0 Å². The molecule has 1 atom stereocenters. The predicted octanol–water partition coefficient (Wildman–Crippen LogP) is 1.82. The molecule has 5 heteroatoms. The van der Waals surface area contributed by atoms with Gasteiger partial charge in [-0.25, -0.2) is 8.78 Å². The SMILES string of the molecule is CCC(CCN)NC(=O)c1c(F)cccc1F. The van der Waals surface area contributed by atoms with Gasteiger partial charge in [0.05, 0.1) is 0 Å². The van der Waals surface area contributed by atoms with Gasteiger partial charge in [0.1, 0.15) is 17.2 Å². The minimum Gasteiger partial charge on any atom is -0.349 e. The molecule has 1 unspecified atom stereocenters. The number of benzene rings is 1. The molecule has 0 heterocycles. The highest BCUT2D eigenvalue weighted by Crippen LogP contribution is 2.12. The molecule has 3 N–H and O–H groups in total. The van der Waals surface area contributed by atoms with Crippen molar-refractivity contribution < 1.29 is 13.6 Å². The highest BCUT2D eigenvalue weighted by Gasteiger charge is 2.19. The molecule has 94 valence electrons. The van der Waals surface area contributed by atoms with Gasteiger partial charge in [0.2, 0.25) is 0 Å². The van der Waals surface area contributed by atoms with E-state index >= 15 is 0 Å². The van der Waals surface area contributed by atoms with E-state index < -0.39 is 23.1 Å². The molecule has 0 bridgehead atoms. The van der Waals surface area contributed by atoms with Crippen LogP contribution in [0.3, 0.4) is 0 Å². The van der Waals surface area contributed by atoms with Crippen LogP contribution >= 0.6 is 0 Å². The largest absolute Gasteiger partial charge is 0.349 e. The summed E-state index contributed by atoms with van der Waals surface area (Å²) in [5.41, 5.74) is 4.84. The molecule has 1 rings (SSSR count). The summed E-state index contributed by atoms with van der Waals surface area (Å²) in [5, 5.41) is 2.57. The molecule has 1 aromatic carbocycles. The van der Waals surface area contributed by atoms with E-state index in [0.717, 1.165) is 12.1 Å². The summed E-state index contributed by atoms with van der Waals surface area (Å²) in [7, 11) is 0. The lowest BCUT2D eigenvalue weighted by atomic mass is 10.1. The molecule has 0 spiro atoms. The normalized spacial score (nSPS) is 12.2. The second-order valence-electron chi connectivity index (χ2n) is 3.75. The van der Waals surface area contributed by atoms with Crippen LogP contribution < -0.4 is 11.1 Å². The van der Waals surface area contributed by atoms with Crippen LogP contribution in [-0.2, 0) is 0 Å². The molecule has 0 saturated carbocycles. The Hall–Kier alpha value is -1.49. The van der Waals surface area contributed by atoms with Gasteiger partial charge in [0, 0.05) is 6.04 Å². The van der Waals surface area contributed by atoms with Gasteiger partial charge in [-0.2, -0.15) is 0 Å². The summed E-state index contributed by atoms with van der Waals surface area (Å²) in [5.74, 6) is -2.45. The van der Waals surface area contributed by atoms with Gasteiger partial charge in [-0.05, 0) is 31.5 Å². The maximum Gasteiger partial charge on any atom is 0.257 e. The average Bonchev–Trinajstić information content (AvgIpc) is 2.28. The Morgan fingerprint density at radius 3 is 2.47 bits per heavy atom. The summed E-state index contributed by atoms with van der Waals surface area (Å²) in [6.07, 6.45) is 1.25. The molecule has 0 aliphatic heterocycles. The van der Waals surface area contributed by atoms with Crippen LogP contribution in [-0.4, -0.2) is 18.5 Å². The van der Waals surface area contributed by atoms with Crippen LogP contribution in [0.5, 0.6) is 0 Å². The highest BCUT2D eigenvalue weighted by atomic mass is 19.1. The minimum absolute atomic E-state index is 0.161. The van der Waals surface area contributed by atoms with Crippen molar-refractivity contribution in [3.05, 3.63) is 35.4 Å². The quantitative estimate of drug-likeness (QED) is 0.827.